The van der Waals surface area contributed by atoms with Crippen molar-refractivity contribution in [2.75, 3.05) is 5.32 Å². The van der Waals surface area contributed by atoms with Crippen molar-refractivity contribution < 1.29 is 18.0 Å². The average molecular weight is 444 g/mol. The molecule has 2 aromatic carbocycles. The summed E-state index contributed by atoms with van der Waals surface area (Å²) in [6, 6.07) is 19.1. The molecule has 1 amide bonds. The van der Waals surface area contributed by atoms with Crippen molar-refractivity contribution in [1.29, 1.82) is 0 Å². The number of amides is 1. The van der Waals surface area contributed by atoms with Crippen molar-refractivity contribution in [2.24, 2.45) is 0 Å². The van der Waals surface area contributed by atoms with Crippen LogP contribution in [0, 0.1) is 17.6 Å². The Balaban J connectivity index is 1.69. The molecule has 0 aliphatic carbocycles. The maximum atomic E-state index is 13.9. The minimum atomic E-state index is -0.665. The highest BCUT2D eigenvalue weighted by Gasteiger charge is 2.21. The highest BCUT2D eigenvalue weighted by molar-refractivity contribution is 6.04. The Hall–Kier alpha value is -4.46. The Morgan fingerprint density at radius 1 is 0.818 bits per heavy atom. The van der Waals surface area contributed by atoms with E-state index in [1.807, 2.05) is 0 Å². The first-order valence-corrected chi connectivity index (χ1v) is 9.96. The lowest BCUT2D eigenvalue weighted by molar-refractivity contribution is 0.102. The number of pyridine rings is 2. The molecule has 8 heteroatoms. The van der Waals surface area contributed by atoms with Gasteiger partial charge in [-0.2, -0.15) is 9.49 Å². The second-order valence-electron chi connectivity index (χ2n) is 7.27. The zero-order chi connectivity index (χ0) is 22.9. The summed E-state index contributed by atoms with van der Waals surface area (Å²) < 4.78 is 42.1. The van der Waals surface area contributed by atoms with Gasteiger partial charge in [0.05, 0.1) is 5.52 Å². The summed E-state index contributed by atoms with van der Waals surface area (Å²) in [5.41, 5.74) is 3.29. The number of aromatic nitrogens is 3. The molecule has 1 N–H and O–H groups in total. The molecule has 5 aromatic rings. The third kappa shape index (κ3) is 3.94. The molecule has 3 aromatic heterocycles. The van der Waals surface area contributed by atoms with E-state index in [2.05, 4.69) is 15.4 Å². The first-order valence-electron chi connectivity index (χ1n) is 9.96. The van der Waals surface area contributed by atoms with Crippen LogP contribution in [0.2, 0.25) is 0 Å². The van der Waals surface area contributed by atoms with E-state index < -0.39 is 23.5 Å². The molecule has 0 fully saturated rings. The van der Waals surface area contributed by atoms with Crippen molar-refractivity contribution in [3.05, 3.63) is 108 Å². The number of rotatable bonds is 4. The molecule has 0 saturated carbocycles. The third-order valence-electron chi connectivity index (χ3n) is 5.13. The molecule has 0 atom stereocenters. The smallest absolute Gasteiger partial charge is 0.274 e. The van der Waals surface area contributed by atoms with Crippen LogP contribution >= 0.6 is 0 Å². The molecule has 0 bridgehead atoms. The predicted molar refractivity (Wildman–Crippen MR) is 118 cm³/mol. The number of anilines is 1. The maximum absolute atomic E-state index is 13.9. The van der Waals surface area contributed by atoms with Gasteiger partial charge < -0.3 is 5.32 Å². The molecule has 3 heterocycles. The van der Waals surface area contributed by atoms with Crippen LogP contribution in [-0.4, -0.2) is 20.5 Å². The van der Waals surface area contributed by atoms with E-state index in [1.54, 1.807) is 36.4 Å². The number of carbonyl (C=O) groups is 1. The fourth-order valence-electron chi connectivity index (χ4n) is 3.62. The van der Waals surface area contributed by atoms with Crippen LogP contribution in [-0.2, 0) is 0 Å². The van der Waals surface area contributed by atoms with Crippen molar-refractivity contribution in [3.63, 3.8) is 0 Å². The van der Waals surface area contributed by atoms with Crippen LogP contribution in [0.4, 0.5) is 18.9 Å². The van der Waals surface area contributed by atoms with Gasteiger partial charge >= 0.3 is 0 Å². The molecule has 0 radical (unpaired) electrons. The van der Waals surface area contributed by atoms with Crippen molar-refractivity contribution in [2.45, 2.75) is 0 Å². The molecule has 0 aliphatic heterocycles. The predicted octanol–water partition coefficient (Wildman–Crippen LogP) is 5.73. The van der Waals surface area contributed by atoms with E-state index in [9.17, 15) is 18.0 Å². The van der Waals surface area contributed by atoms with E-state index in [0.29, 0.717) is 33.6 Å². The first-order chi connectivity index (χ1) is 16.0. The Labute approximate surface area is 186 Å². The van der Waals surface area contributed by atoms with Gasteiger partial charge in [0.15, 0.2) is 0 Å². The van der Waals surface area contributed by atoms with E-state index >= 15 is 0 Å². The number of halogens is 3. The topological polar surface area (TPSA) is 59.3 Å². The average Bonchev–Trinajstić information content (AvgIpc) is 3.20. The van der Waals surface area contributed by atoms with Gasteiger partial charge in [0.1, 0.15) is 23.0 Å². The van der Waals surface area contributed by atoms with Gasteiger partial charge in [0, 0.05) is 29.1 Å². The lowest BCUT2D eigenvalue weighted by Crippen LogP contribution is -2.16. The van der Waals surface area contributed by atoms with Crippen LogP contribution in [0.5, 0.6) is 0 Å². The molecule has 5 nitrogen and oxygen atoms in total. The molecule has 0 spiro atoms. The molecule has 162 valence electrons. The number of fused-ring (bicyclic) bond motifs is 1. The van der Waals surface area contributed by atoms with E-state index in [1.165, 1.54) is 53.2 Å². The standard InChI is InChI=1S/C25H15F3N4O/c26-17-6-4-15(5-7-17)24-23(16-12-13-29-22(28)14-16)20-2-1-3-21(32(20)31-24)25(33)30-19-10-8-18(27)9-11-19/h1-14H,(H,30,33). The summed E-state index contributed by atoms with van der Waals surface area (Å²) in [4.78, 5) is 16.6. The fraction of sp³-hybridized carbons (Fsp3) is 0. The van der Waals surface area contributed by atoms with Gasteiger partial charge in [-0.15, -0.1) is 0 Å². The van der Waals surface area contributed by atoms with Crippen LogP contribution in [0.15, 0.2) is 85.1 Å². The summed E-state index contributed by atoms with van der Waals surface area (Å²) in [6.45, 7) is 0. The van der Waals surface area contributed by atoms with Crippen molar-refractivity contribution >= 4 is 17.1 Å². The van der Waals surface area contributed by atoms with E-state index in [0.717, 1.165) is 0 Å². The SMILES string of the molecule is O=C(Nc1ccc(F)cc1)c1cccc2c(-c3ccnc(F)c3)c(-c3ccc(F)cc3)nn12. The van der Waals surface area contributed by atoms with Gasteiger partial charge in [-0.3, -0.25) is 4.79 Å². The Morgan fingerprint density at radius 3 is 2.21 bits per heavy atom. The quantitative estimate of drug-likeness (QED) is 0.360. The van der Waals surface area contributed by atoms with Crippen LogP contribution < -0.4 is 5.32 Å². The van der Waals surface area contributed by atoms with E-state index in [4.69, 9.17) is 0 Å². The van der Waals surface area contributed by atoms with Gasteiger partial charge in [0.2, 0.25) is 5.95 Å². The summed E-state index contributed by atoms with van der Waals surface area (Å²) in [6.07, 6.45) is 1.34. The van der Waals surface area contributed by atoms with E-state index in [-0.39, 0.29) is 5.69 Å². The number of nitrogens with one attached hydrogen (secondary N) is 1. The molecule has 0 unspecified atom stereocenters. The molecule has 0 saturated heterocycles. The molecular formula is C25H15F3N4O. The summed E-state index contributed by atoms with van der Waals surface area (Å²) >= 11 is 0. The highest BCUT2D eigenvalue weighted by atomic mass is 19.1. The second-order valence-corrected chi connectivity index (χ2v) is 7.27. The summed E-state index contributed by atoms with van der Waals surface area (Å²) in [5, 5.41) is 7.34. The lowest BCUT2D eigenvalue weighted by atomic mass is 10.0. The van der Waals surface area contributed by atoms with Crippen molar-refractivity contribution in [1.82, 2.24) is 14.6 Å². The maximum Gasteiger partial charge on any atom is 0.274 e. The number of nitrogens with zero attached hydrogens (tertiary/aromatic N) is 3. The monoisotopic (exact) mass is 444 g/mol. The van der Waals surface area contributed by atoms with Gasteiger partial charge in [-0.05, 0) is 72.3 Å². The zero-order valence-electron chi connectivity index (χ0n) is 17.0. The van der Waals surface area contributed by atoms with Crippen LogP contribution in [0.25, 0.3) is 27.9 Å². The fourth-order valence-corrected chi connectivity index (χ4v) is 3.62. The largest absolute Gasteiger partial charge is 0.321 e. The van der Waals surface area contributed by atoms with Gasteiger partial charge in [-0.1, -0.05) is 6.07 Å². The summed E-state index contributed by atoms with van der Waals surface area (Å²) in [5.74, 6) is -1.95. The normalized spacial score (nSPS) is 11.0. The Bertz CT molecular complexity index is 1480. The van der Waals surface area contributed by atoms with Gasteiger partial charge in [0.25, 0.3) is 5.91 Å². The lowest BCUT2D eigenvalue weighted by Gasteiger charge is -2.07. The minimum Gasteiger partial charge on any atom is -0.321 e. The minimum absolute atomic E-state index is 0.209. The number of hydrogen-bond donors (Lipinski definition) is 1. The molecular weight excluding hydrogens is 429 g/mol. The van der Waals surface area contributed by atoms with Crippen LogP contribution in [0.3, 0.4) is 0 Å². The number of benzene rings is 2. The zero-order valence-corrected chi connectivity index (χ0v) is 17.0. The molecule has 33 heavy (non-hydrogen) atoms. The number of hydrogen-bond acceptors (Lipinski definition) is 3. The first kappa shape index (κ1) is 20.4. The molecule has 0 aliphatic rings. The third-order valence-corrected chi connectivity index (χ3v) is 5.13. The Morgan fingerprint density at radius 2 is 1.52 bits per heavy atom. The number of carbonyl (C=O) groups excluding carboxylic acids is 1. The summed E-state index contributed by atoms with van der Waals surface area (Å²) in [7, 11) is 0. The van der Waals surface area contributed by atoms with Crippen molar-refractivity contribution in [3.8, 4) is 22.4 Å². The second kappa shape index (κ2) is 8.23. The Kier molecular flexibility index (Phi) is 5.10. The van der Waals surface area contributed by atoms with Gasteiger partial charge in [-0.25, -0.2) is 18.3 Å². The molecule has 5 rings (SSSR count). The highest BCUT2D eigenvalue weighted by Crippen LogP contribution is 2.35. The van der Waals surface area contributed by atoms with Crippen LogP contribution in [0.1, 0.15) is 10.5 Å².